The van der Waals surface area contributed by atoms with Gasteiger partial charge >= 0.3 is 0 Å². The molecule has 0 radical (unpaired) electrons. The molecule has 5 nitrogen and oxygen atoms in total. The van der Waals surface area contributed by atoms with Crippen molar-refractivity contribution < 1.29 is 9.84 Å². The summed E-state index contributed by atoms with van der Waals surface area (Å²) in [6.45, 7) is 3.56. The van der Waals surface area contributed by atoms with Gasteiger partial charge < -0.3 is 19.3 Å². The third kappa shape index (κ3) is 2.88. The highest BCUT2D eigenvalue weighted by atomic mass is 16.5. The smallest absolute Gasteiger partial charge is 0.206 e. The average molecular weight is 323 g/mol. The van der Waals surface area contributed by atoms with Gasteiger partial charge in [-0.3, -0.25) is 0 Å². The summed E-state index contributed by atoms with van der Waals surface area (Å²) in [7, 11) is 0. The molecular weight excluding hydrogens is 302 g/mol. The van der Waals surface area contributed by atoms with Crippen LogP contribution >= 0.6 is 0 Å². The van der Waals surface area contributed by atoms with Crippen LogP contribution in [0.2, 0.25) is 0 Å². The fourth-order valence-electron chi connectivity index (χ4n) is 3.20. The molecule has 1 aromatic heterocycles. The van der Waals surface area contributed by atoms with Crippen LogP contribution in [0.5, 0.6) is 0 Å². The van der Waals surface area contributed by atoms with Gasteiger partial charge in [0.1, 0.15) is 0 Å². The van der Waals surface area contributed by atoms with Crippen molar-refractivity contribution in [2.75, 3.05) is 31.2 Å². The first-order valence-electron chi connectivity index (χ1n) is 8.34. The molecule has 0 saturated carbocycles. The molecule has 2 aromatic carbocycles. The van der Waals surface area contributed by atoms with Gasteiger partial charge in [0.05, 0.1) is 36.9 Å². The van der Waals surface area contributed by atoms with Gasteiger partial charge in [-0.1, -0.05) is 42.5 Å². The zero-order valence-corrected chi connectivity index (χ0v) is 13.5. The summed E-state index contributed by atoms with van der Waals surface area (Å²) >= 11 is 0. The molecule has 0 amide bonds. The molecule has 1 fully saturated rings. The first kappa shape index (κ1) is 15.2. The van der Waals surface area contributed by atoms with Gasteiger partial charge in [-0.25, -0.2) is 4.98 Å². The minimum atomic E-state index is -0.566. The monoisotopic (exact) mass is 323 g/mol. The van der Waals surface area contributed by atoms with Gasteiger partial charge in [-0.2, -0.15) is 0 Å². The second-order valence-electron chi connectivity index (χ2n) is 6.04. The number of aromatic nitrogens is 2. The second kappa shape index (κ2) is 6.63. The largest absolute Gasteiger partial charge is 0.387 e. The average Bonchev–Trinajstić information content (AvgIpc) is 3.02. The zero-order chi connectivity index (χ0) is 16.4. The van der Waals surface area contributed by atoms with Crippen molar-refractivity contribution in [3.63, 3.8) is 0 Å². The molecule has 0 spiro atoms. The van der Waals surface area contributed by atoms with Crippen LogP contribution in [0.1, 0.15) is 11.7 Å². The van der Waals surface area contributed by atoms with Crippen molar-refractivity contribution in [1.29, 1.82) is 0 Å². The number of nitrogens with zero attached hydrogens (tertiary/aromatic N) is 3. The summed E-state index contributed by atoms with van der Waals surface area (Å²) in [4.78, 5) is 7.04. The summed E-state index contributed by atoms with van der Waals surface area (Å²) in [6, 6.07) is 17.9. The summed E-state index contributed by atoms with van der Waals surface area (Å²) in [5, 5.41) is 10.7. The van der Waals surface area contributed by atoms with Crippen LogP contribution in [-0.2, 0) is 11.3 Å². The molecule has 1 aliphatic rings. The number of aliphatic hydroxyl groups is 1. The molecule has 1 saturated heterocycles. The van der Waals surface area contributed by atoms with Gasteiger partial charge in [0.25, 0.3) is 0 Å². The molecule has 0 bridgehead atoms. The van der Waals surface area contributed by atoms with E-state index in [2.05, 4.69) is 15.5 Å². The molecule has 1 unspecified atom stereocenters. The van der Waals surface area contributed by atoms with E-state index in [4.69, 9.17) is 9.72 Å². The summed E-state index contributed by atoms with van der Waals surface area (Å²) in [6.07, 6.45) is -0.566. The normalized spacial score (nSPS) is 16.5. The topological polar surface area (TPSA) is 50.5 Å². The van der Waals surface area contributed by atoms with Gasteiger partial charge in [0.2, 0.25) is 5.95 Å². The molecule has 3 aromatic rings. The highest BCUT2D eigenvalue weighted by molar-refractivity contribution is 5.78. The van der Waals surface area contributed by atoms with E-state index in [1.807, 2.05) is 48.5 Å². The highest BCUT2D eigenvalue weighted by Crippen LogP contribution is 2.26. The number of hydrogen-bond acceptors (Lipinski definition) is 4. The highest BCUT2D eigenvalue weighted by Gasteiger charge is 2.21. The lowest BCUT2D eigenvalue weighted by Crippen LogP contribution is -2.38. The molecule has 5 heteroatoms. The fraction of sp³-hybridized carbons (Fsp3) is 0.316. The van der Waals surface area contributed by atoms with Crippen LogP contribution in [-0.4, -0.2) is 41.0 Å². The van der Waals surface area contributed by atoms with Crippen LogP contribution in [0.25, 0.3) is 11.0 Å². The number of anilines is 1. The maximum Gasteiger partial charge on any atom is 0.206 e. The third-order valence-electron chi connectivity index (χ3n) is 4.47. The van der Waals surface area contributed by atoms with E-state index >= 15 is 0 Å². The van der Waals surface area contributed by atoms with E-state index in [9.17, 15) is 5.11 Å². The fourth-order valence-corrected chi connectivity index (χ4v) is 3.20. The second-order valence-corrected chi connectivity index (χ2v) is 6.04. The Labute approximate surface area is 141 Å². The van der Waals surface area contributed by atoms with Crippen LogP contribution in [0.15, 0.2) is 54.6 Å². The Morgan fingerprint density at radius 2 is 1.71 bits per heavy atom. The Hall–Kier alpha value is -2.37. The van der Waals surface area contributed by atoms with Crippen molar-refractivity contribution in [2.45, 2.75) is 12.6 Å². The van der Waals surface area contributed by atoms with Crippen LogP contribution in [0.4, 0.5) is 5.95 Å². The van der Waals surface area contributed by atoms with Crippen LogP contribution in [0, 0.1) is 0 Å². The van der Waals surface area contributed by atoms with Crippen molar-refractivity contribution in [3.8, 4) is 0 Å². The molecule has 1 atom stereocenters. The molecule has 4 rings (SSSR count). The molecular formula is C19H21N3O2. The lowest BCUT2D eigenvalue weighted by Gasteiger charge is -2.29. The number of fused-ring (bicyclic) bond motifs is 1. The van der Waals surface area contributed by atoms with Gasteiger partial charge in [0, 0.05) is 13.1 Å². The number of para-hydroxylation sites is 2. The zero-order valence-electron chi connectivity index (χ0n) is 13.5. The van der Waals surface area contributed by atoms with Crippen LogP contribution in [0.3, 0.4) is 0 Å². The number of morpholine rings is 1. The predicted molar refractivity (Wildman–Crippen MR) is 94.2 cm³/mol. The van der Waals surface area contributed by atoms with Crippen molar-refractivity contribution in [2.24, 2.45) is 0 Å². The third-order valence-corrected chi connectivity index (χ3v) is 4.47. The van der Waals surface area contributed by atoms with E-state index in [1.165, 1.54) is 0 Å². The molecule has 124 valence electrons. The lowest BCUT2D eigenvalue weighted by molar-refractivity contribution is 0.120. The van der Waals surface area contributed by atoms with Crippen LogP contribution < -0.4 is 4.90 Å². The van der Waals surface area contributed by atoms with E-state index in [1.54, 1.807) is 0 Å². The molecule has 2 heterocycles. The maximum absolute atomic E-state index is 10.7. The molecule has 1 aliphatic heterocycles. The first-order chi connectivity index (χ1) is 11.8. The van der Waals surface area contributed by atoms with Gasteiger partial charge in [0.15, 0.2) is 0 Å². The number of benzene rings is 2. The predicted octanol–water partition coefficient (Wildman–Crippen LogP) is 2.61. The van der Waals surface area contributed by atoms with E-state index in [0.29, 0.717) is 19.8 Å². The number of aliphatic hydroxyl groups excluding tert-OH is 1. The standard InChI is InChI=1S/C19H21N3O2/c23-18(15-6-2-1-3-7-15)14-22-17-9-5-4-8-16(17)20-19(22)21-10-12-24-13-11-21/h1-9,18,23H,10-14H2. The number of ether oxygens (including phenoxy) is 1. The van der Waals surface area contributed by atoms with E-state index < -0.39 is 6.10 Å². The molecule has 0 aliphatic carbocycles. The van der Waals surface area contributed by atoms with Gasteiger partial charge in [-0.05, 0) is 17.7 Å². The maximum atomic E-state index is 10.7. The summed E-state index contributed by atoms with van der Waals surface area (Å²) in [5.41, 5.74) is 2.93. The Morgan fingerprint density at radius 3 is 2.50 bits per heavy atom. The Kier molecular flexibility index (Phi) is 4.19. The summed E-state index contributed by atoms with van der Waals surface area (Å²) in [5.74, 6) is 0.912. The Balaban J connectivity index is 1.72. The number of rotatable bonds is 4. The lowest BCUT2D eigenvalue weighted by atomic mass is 10.1. The van der Waals surface area contributed by atoms with E-state index in [0.717, 1.165) is 35.6 Å². The Morgan fingerprint density at radius 1 is 1.00 bits per heavy atom. The van der Waals surface area contributed by atoms with E-state index in [-0.39, 0.29) is 0 Å². The molecule has 24 heavy (non-hydrogen) atoms. The minimum absolute atomic E-state index is 0.483. The quantitative estimate of drug-likeness (QED) is 0.802. The van der Waals surface area contributed by atoms with Crippen molar-refractivity contribution in [3.05, 3.63) is 60.2 Å². The SMILES string of the molecule is OC(Cn1c(N2CCOCC2)nc2ccccc21)c1ccccc1. The first-order valence-corrected chi connectivity index (χ1v) is 8.34. The van der Waals surface area contributed by atoms with Crippen molar-refractivity contribution in [1.82, 2.24) is 9.55 Å². The summed E-state index contributed by atoms with van der Waals surface area (Å²) < 4.78 is 7.58. The number of hydrogen-bond donors (Lipinski definition) is 1. The van der Waals surface area contributed by atoms with Gasteiger partial charge in [-0.15, -0.1) is 0 Å². The Bertz CT molecular complexity index is 810. The number of imidazole rings is 1. The minimum Gasteiger partial charge on any atom is -0.387 e. The van der Waals surface area contributed by atoms with Crippen molar-refractivity contribution >= 4 is 17.0 Å². The molecule has 1 N–H and O–H groups in total.